The third-order valence-electron chi connectivity index (χ3n) is 6.52. The van der Waals surface area contributed by atoms with Crippen LogP contribution in [0.4, 0.5) is 0 Å². The molecule has 4 aliphatic heterocycles. The minimum Gasteiger partial charge on any atom is -0.349 e. The first-order valence-electron chi connectivity index (χ1n) is 10.5. The summed E-state index contributed by atoms with van der Waals surface area (Å²) < 4.78 is 0. The second kappa shape index (κ2) is 7.54. The molecule has 3 fully saturated rings. The fourth-order valence-corrected chi connectivity index (χ4v) is 4.99. The number of amides is 5. The lowest BCUT2D eigenvalue weighted by atomic mass is 9.95. The number of benzene rings is 1. The van der Waals surface area contributed by atoms with Gasteiger partial charge in [0.25, 0.3) is 11.8 Å². The molecule has 1 aromatic rings. The van der Waals surface area contributed by atoms with Gasteiger partial charge in [0.1, 0.15) is 6.04 Å². The lowest BCUT2D eigenvalue weighted by Gasteiger charge is -2.42. The van der Waals surface area contributed by atoms with Crippen molar-refractivity contribution in [2.45, 2.75) is 43.9 Å². The van der Waals surface area contributed by atoms with E-state index in [9.17, 15) is 24.0 Å². The van der Waals surface area contributed by atoms with E-state index in [1.54, 1.807) is 12.1 Å². The molecule has 3 atom stereocenters. The largest absolute Gasteiger partial charge is 0.349 e. The molecule has 0 aliphatic carbocycles. The quantitative estimate of drug-likeness (QED) is 0.516. The molecule has 3 saturated heterocycles. The van der Waals surface area contributed by atoms with Crippen molar-refractivity contribution in [1.82, 2.24) is 25.8 Å². The van der Waals surface area contributed by atoms with Gasteiger partial charge in [0, 0.05) is 32.1 Å². The Hall–Kier alpha value is -3.11. The number of piperazine rings is 1. The van der Waals surface area contributed by atoms with Gasteiger partial charge in [-0.2, -0.15) is 0 Å². The predicted octanol–water partition coefficient (Wildman–Crippen LogP) is -1.25. The highest BCUT2D eigenvalue weighted by Gasteiger charge is 2.45. The van der Waals surface area contributed by atoms with Crippen molar-refractivity contribution in [3.8, 4) is 0 Å². The number of carbonyl (C=O) groups excluding carboxylic acids is 5. The summed E-state index contributed by atoms with van der Waals surface area (Å²) in [6.07, 6.45) is 1.09. The molecule has 5 amide bonds. The van der Waals surface area contributed by atoms with Crippen LogP contribution in [0.15, 0.2) is 18.2 Å². The van der Waals surface area contributed by atoms with Crippen LogP contribution in [-0.2, 0) is 20.9 Å². The second-order valence-corrected chi connectivity index (χ2v) is 8.47. The first-order valence-corrected chi connectivity index (χ1v) is 10.5. The van der Waals surface area contributed by atoms with Crippen LogP contribution >= 0.6 is 0 Å². The van der Waals surface area contributed by atoms with Gasteiger partial charge in [-0.25, -0.2) is 0 Å². The Balaban J connectivity index is 1.37. The van der Waals surface area contributed by atoms with Gasteiger partial charge < -0.3 is 10.6 Å². The Labute approximate surface area is 178 Å². The molecule has 0 spiro atoms. The standard InChI is InChI=1S/C21H23N5O5/c27-16-5-4-15(19(29)24-16)26-20(30)12-3-1-2-11(18(12)21(26)31)9-25-7-6-13-14(10-25)23-17(28)8-22-13/h1-3,13-15,22H,4-10H2,(H,23,28)(H,24,27,29)/t13-,14+,15?/m0/s1. The minimum absolute atomic E-state index is 0.00376. The van der Waals surface area contributed by atoms with E-state index in [1.807, 2.05) is 6.07 Å². The Morgan fingerprint density at radius 1 is 0.968 bits per heavy atom. The maximum Gasteiger partial charge on any atom is 0.262 e. The average molecular weight is 425 g/mol. The van der Waals surface area contributed by atoms with Crippen LogP contribution in [0.3, 0.4) is 0 Å². The molecule has 10 nitrogen and oxygen atoms in total. The summed E-state index contributed by atoms with van der Waals surface area (Å²) in [5.74, 6) is -2.03. The SMILES string of the molecule is O=C1CCC(N2C(=O)c3cccc(CN4CC[C@@H]5NCC(=O)N[C@@H]5C4)c3C2=O)C(=O)N1. The highest BCUT2D eigenvalue weighted by molar-refractivity contribution is 6.24. The van der Waals surface area contributed by atoms with Gasteiger partial charge >= 0.3 is 0 Å². The third kappa shape index (κ3) is 3.41. The van der Waals surface area contributed by atoms with E-state index in [0.29, 0.717) is 25.2 Å². The van der Waals surface area contributed by atoms with Crippen LogP contribution in [-0.4, -0.2) is 77.1 Å². The van der Waals surface area contributed by atoms with Gasteiger partial charge in [-0.15, -0.1) is 0 Å². The summed E-state index contributed by atoms with van der Waals surface area (Å²) in [6.45, 7) is 2.24. The Morgan fingerprint density at radius 3 is 2.61 bits per heavy atom. The van der Waals surface area contributed by atoms with Gasteiger partial charge in [-0.1, -0.05) is 12.1 Å². The third-order valence-corrected chi connectivity index (χ3v) is 6.52. The molecule has 0 radical (unpaired) electrons. The van der Waals surface area contributed by atoms with Crippen LogP contribution in [0.1, 0.15) is 45.5 Å². The van der Waals surface area contributed by atoms with E-state index >= 15 is 0 Å². The molecule has 10 heteroatoms. The van der Waals surface area contributed by atoms with Crippen molar-refractivity contribution in [3.63, 3.8) is 0 Å². The van der Waals surface area contributed by atoms with Crippen LogP contribution in [0.25, 0.3) is 0 Å². The lowest BCUT2D eigenvalue weighted by molar-refractivity contribution is -0.136. The van der Waals surface area contributed by atoms with Crippen molar-refractivity contribution in [1.29, 1.82) is 0 Å². The van der Waals surface area contributed by atoms with E-state index in [0.717, 1.165) is 23.4 Å². The number of hydrogen-bond donors (Lipinski definition) is 3. The summed E-state index contributed by atoms with van der Waals surface area (Å²) in [5.41, 5.74) is 1.33. The summed E-state index contributed by atoms with van der Waals surface area (Å²) >= 11 is 0. The predicted molar refractivity (Wildman–Crippen MR) is 107 cm³/mol. The zero-order chi connectivity index (χ0) is 21.7. The molecular formula is C21H23N5O5. The number of likely N-dealkylation sites (tertiary alicyclic amines) is 1. The summed E-state index contributed by atoms with van der Waals surface area (Å²) in [4.78, 5) is 64.8. The molecular weight excluding hydrogens is 402 g/mol. The maximum absolute atomic E-state index is 13.2. The smallest absolute Gasteiger partial charge is 0.262 e. The van der Waals surface area contributed by atoms with E-state index < -0.39 is 29.7 Å². The normalized spacial score (nSPS) is 28.8. The van der Waals surface area contributed by atoms with E-state index in [1.165, 1.54) is 0 Å². The second-order valence-electron chi connectivity index (χ2n) is 8.47. The average Bonchev–Trinajstić information content (AvgIpc) is 2.99. The Morgan fingerprint density at radius 2 is 1.81 bits per heavy atom. The first kappa shape index (κ1) is 19.8. The highest BCUT2D eigenvalue weighted by Crippen LogP contribution is 2.31. The van der Waals surface area contributed by atoms with Crippen molar-refractivity contribution < 1.29 is 24.0 Å². The molecule has 31 heavy (non-hydrogen) atoms. The number of nitrogens with zero attached hydrogens (tertiary/aromatic N) is 2. The van der Waals surface area contributed by atoms with E-state index in [-0.39, 0.29) is 36.4 Å². The number of carbonyl (C=O) groups is 5. The number of hydrogen-bond acceptors (Lipinski definition) is 7. The number of rotatable bonds is 3. The number of nitrogens with one attached hydrogen (secondary N) is 3. The number of piperidine rings is 2. The molecule has 162 valence electrons. The Kier molecular flexibility index (Phi) is 4.82. The molecule has 3 N–H and O–H groups in total. The van der Waals surface area contributed by atoms with Crippen molar-refractivity contribution in [3.05, 3.63) is 34.9 Å². The number of fused-ring (bicyclic) bond motifs is 2. The molecule has 0 aromatic heterocycles. The van der Waals surface area contributed by atoms with Crippen molar-refractivity contribution in [2.75, 3.05) is 19.6 Å². The molecule has 1 unspecified atom stereocenters. The molecule has 4 aliphatic rings. The van der Waals surface area contributed by atoms with Crippen molar-refractivity contribution in [2.24, 2.45) is 0 Å². The van der Waals surface area contributed by atoms with Gasteiger partial charge in [0.2, 0.25) is 17.7 Å². The summed E-state index contributed by atoms with van der Waals surface area (Å²) in [5, 5.41) is 8.48. The van der Waals surface area contributed by atoms with Crippen LogP contribution in [0.2, 0.25) is 0 Å². The van der Waals surface area contributed by atoms with Crippen LogP contribution in [0.5, 0.6) is 0 Å². The zero-order valence-electron chi connectivity index (χ0n) is 16.8. The van der Waals surface area contributed by atoms with E-state index in [4.69, 9.17) is 0 Å². The summed E-state index contributed by atoms with van der Waals surface area (Å²) in [7, 11) is 0. The van der Waals surface area contributed by atoms with Crippen LogP contribution in [0, 0.1) is 0 Å². The highest BCUT2D eigenvalue weighted by atomic mass is 16.2. The molecule has 0 bridgehead atoms. The monoisotopic (exact) mass is 425 g/mol. The van der Waals surface area contributed by atoms with Gasteiger partial charge in [0.15, 0.2) is 0 Å². The minimum atomic E-state index is -0.975. The Bertz CT molecular complexity index is 1010. The fourth-order valence-electron chi connectivity index (χ4n) is 4.99. The van der Waals surface area contributed by atoms with E-state index in [2.05, 4.69) is 20.9 Å². The maximum atomic E-state index is 13.2. The van der Waals surface area contributed by atoms with Crippen LogP contribution < -0.4 is 16.0 Å². The molecule has 4 heterocycles. The van der Waals surface area contributed by atoms with Gasteiger partial charge in [-0.05, 0) is 24.5 Å². The number of imide groups is 2. The van der Waals surface area contributed by atoms with Crippen molar-refractivity contribution >= 4 is 29.5 Å². The molecule has 5 rings (SSSR count). The summed E-state index contributed by atoms with van der Waals surface area (Å²) in [6, 6.07) is 4.43. The van der Waals surface area contributed by atoms with Gasteiger partial charge in [-0.3, -0.25) is 39.1 Å². The molecule has 0 saturated carbocycles. The fraction of sp³-hybridized carbons (Fsp3) is 0.476. The zero-order valence-corrected chi connectivity index (χ0v) is 16.8. The van der Waals surface area contributed by atoms with Gasteiger partial charge in [0.05, 0.1) is 23.7 Å². The molecule has 1 aromatic carbocycles. The first-order chi connectivity index (χ1) is 14.9. The topological polar surface area (TPSA) is 128 Å². The lowest BCUT2D eigenvalue weighted by Crippen LogP contribution is -2.65.